The van der Waals surface area contributed by atoms with Crippen LogP contribution in [0.5, 0.6) is 5.75 Å². The number of nitrogens with zero attached hydrogens (tertiary/aromatic N) is 1. The molecular formula is C12H11KN2O4S. The van der Waals surface area contributed by atoms with Crippen LogP contribution in [0.25, 0.3) is 10.8 Å². The van der Waals surface area contributed by atoms with E-state index in [1.807, 2.05) is 16.9 Å². The normalized spacial score (nSPS) is 16.8. The van der Waals surface area contributed by atoms with Crippen LogP contribution in [0, 0.1) is 0 Å². The molecular weight excluding hydrogens is 307 g/mol. The molecule has 0 radical (unpaired) electrons. The molecule has 6 nitrogen and oxygen atoms in total. The van der Waals surface area contributed by atoms with Crippen LogP contribution in [-0.2, 0) is 15.0 Å². The summed E-state index contributed by atoms with van der Waals surface area (Å²) in [6.07, 6.45) is 0. The summed E-state index contributed by atoms with van der Waals surface area (Å²) in [4.78, 5) is 11.2. The molecule has 0 unspecified atom stereocenters. The number of anilines is 1. The molecule has 0 bridgehead atoms. The average molecular weight is 318 g/mol. The van der Waals surface area contributed by atoms with E-state index in [9.17, 15) is 18.3 Å². The number of hydrogen-bond donors (Lipinski definition) is 2. The van der Waals surface area contributed by atoms with Crippen molar-refractivity contribution in [2.75, 3.05) is 10.8 Å². The second-order valence-corrected chi connectivity index (χ2v) is 5.82. The van der Waals surface area contributed by atoms with Gasteiger partial charge in [-0.3, -0.25) is 4.79 Å². The molecule has 0 atom stereocenters. The van der Waals surface area contributed by atoms with Gasteiger partial charge in [0.15, 0.2) is 0 Å². The van der Waals surface area contributed by atoms with Crippen molar-refractivity contribution in [3.8, 4) is 5.75 Å². The molecule has 1 amide bonds. The Labute approximate surface area is 158 Å². The third kappa shape index (κ3) is 2.71. The maximum atomic E-state index is 11.7. The number of amides is 1. The molecule has 2 N–H and O–H groups in total. The van der Waals surface area contributed by atoms with Crippen LogP contribution >= 0.6 is 0 Å². The van der Waals surface area contributed by atoms with Gasteiger partial charge >= 0.3 is 61.6 Å². The van der Waals surface area contributed by atoms with E-state index in [0.29, 0.717) is 0 Å². The van der Waals surface area contributed by atoms with Crippen LogP contribution in [0.15, 0.2) is 36.4 Å². The van der Waals surface area contributed by atoms with Crippen molar-refractivity contribution in [3.05, 3.63) is 36.4 Å². The van der Waals surface area contributed by atoms with E-state index >= 15 is 0 Å². The molecule has 0 spiro atoms. The zero-order valence-corrected chi connectivity index (χ0v) is 10.5. The van der Waals surface area contributed by atoms with Crippen LogP contribution in [0.1, 0.15) is 0 Å². The SMILES string of the molecule is O=C1CN(c2cc3ccccc3cc2O)S(=O)(=O)N1.[KH]. The Morgan fingerprint density at radius 1 is 1.15 bits per heavy atom. The van der Waals surface area contributed by atoms with Crippen molar-refractivity contribution in [2.45, 2.75) is 0 Å². The summed E-state index contributed by atoms with van der Waals surface area (Å²) in [6, 6.07) is 10.3. The summed E-state index contributed by atoms with van der Waals surface area (Å²) in [5.41, 5.74) is 0.0945. The standard InChI is InChI=1S/C12H10N2O4S.K.H/c15-11-6-9-4-2-1-3-8(9)5-10(11)14-7-12(16)13-19(14,17)18;;/h1-6,15H,7H2,(H,13,16);;. The van der Waals surface area contributed by atoms with Gasteiger partial charge in [-0.05, 0) is 22.9 Å². The van der Waals surface area contributed by atoms with Gasteiger partial charge in [-0.1, -0.05) is 24.3 Å². The van der Waals surface area contributed by atoms with Crippen molar-refractivity contribution in [1.29, 1.82) is 0 Å². The predicted octanol–water partition coefficient (Wildman–Crippen LogP) is 0.0779. The van der Waals surface area contributed by atoms with Gasteiger partial charge in [-0.25, -0.2) is 9.03 Å². The zero-order valence-electron chi connectivity index (χ0n) is 9.70. The van der Waals surface area contributed by atoms with Gasteiger partial charge in [-0.2, -0.15) is 8.42 Å². The molecule has 20 heavy (non-hydrogen) atoms. The van der Waals surface area contributed by atoms with E-state index in [1.54, 1.807) is 18.2 Å². The number of fused-ring (bicyclic) bond motifs is 1. The first-order chi connectivity index (χ1) is 8.97. The number of carbonyl (C=O) groups excluding carboxylic acids is 1. The van der Waals surface area contributed by atoms with E-state index in [0.717, 1.165) is 15.1 Å². The Hall–Kier alpha value is -0.644. The minimum absolute atomic E-state index is 0. The van der Waals surface area contributed by atoms with Gasteiger partial charge in [0, 0.05) is 0 Å². The topological polar surface area (TPSA) is 86.7 Å². The van der Waals surface area contributed by atoms with E-state index < -0.39 is 16.1 Å². The number of carbonyl (C=O) groups is 1. The second kappa shape index (κ2) is 5.62. The Balaban J connectivity index is 0.00000147. The van der Waals surface area contributed by atoms with Crippen molar-refractivity contribution in [2.24, 2.45) is 0 Å². The predicted molar refractivity (Wildman–Crippen MR) is 77.2 cm³/mol. The van der Waals surface area contributed by atoms with Crippen LogP contribution in [0.4, 0.5) is 5.69 Å². The molecule has 1 aliphatic rings. The maximum absolute atomic E-state index is 11.7. The quantitative estimate of drug-likeness (QED) is 0.729. The first-order valence-electron chi connectivity index (χ1n) is 5.52. The summed E-state index contributed by atoms with van der Waals surface area (Å²) < 4.78 is 26.2. The molecule has 1 saturated heterocycles. The molecule has 0 aliphatic carbocycles. The van der Waals surface area contributed by atoms with Crippen LogP contribution in [0.3, 0.4) is 0 Å². The van der Waals surface area contributed by atoms with E-state index in [1.165, 1.54) is 6.07 Å². The van der Waals surface area contributed by atoms with E-state index in [-0.39, 0.29) is 69.4 Å². The van der Waals surface area contributed by atoms with Gasteiger partial charge in [0.1, 0.15) is 12.3 Å². The van der Waals surface area contributed by atoms with Gasteiger partial charge in [0.2, 0.25) is 0 Å². The molecule has 1 aliphatic heterocycles. The van der Waals surface area contributed by atoms with Crippen molar-refractivity contribution in [1.82, 2.24) is 4.72 Å². The fraction of sp³-hybridized carbons (Fsp3) is 0.0833. The number of rotatable bonds is 1. The molecule has 8 heteroatoms. The molecule has 100 valence electrons. The number of benzene rings is 2. The number of phenolic OH excluding ortho intramolecular Hbond substituents is 1. The number of phenols is 1. The molecule has 0 aromatic heterocycles. The second-order valence-electron chi connectivity index (χ2n) is 4.22. The van der Waals surface area contributed by atoms with Crippen LogP contribution < -0.4 is 9.03 Å². The Kier molecular flexibility index (Phi) is 4.43. The molecule has 3 rings (SSSR count). The average Bonchev–Trinajstić information content (AvgIpc) is 2.61. The Morgan fingerprint density at radius 3 is 2.30 bits per heavy atom. The fourth-order valence-corrected chi connectivity index (χ4v) is 3.23. The summed E-state index contributed by atoms with van der Waals surface area (Å²) >= 11 is 0. The molecule has 2 aromatic carbocycles. The van der Waals surface area contributed by atoms with Crippen molar-refractivity contribution >= 4 is 84.0 Å². The Bertz CT molecular complexity index is 791. The van der Waals surface area contributed by atoms with Gasteiger partial charge < -0.3 is 5.11 Å². The van der Waals surface area contributed by atoms with Crippen LogP contribution in [-0.4, -0.2) is 77.4 Å². The molecule has 1 fully saturated rings. The summed E-state index contributed by atoms with van der Waals surface area (Å²) in [5, 5.41) is 11.5. The molecule has 2 aromatic rings. The number of nitrogens with one attached hydrogen (secondary N) is 1. The molecule has 0 saturated carbocycles. The summed E-state index contributed by atoms with van der Waals surface area (Å²) in [5.74, 6) is -0.800. The first kappa shape index (κ1) is 15.7. The monoisotopic (exact) mass is 318 g/mol. The summed E-state index contributed by atoms with van der Waals surface area (Å²) in [6.45, 7) is -0.325. The third-order valence-electron chi connectivity index (χ3n) is 2.93. The fourth-order valence-electron chi connectivity index (χ4n) is 2.08. The first-order valence-corrected chi connectivity index (χ1v) is 6.96. The Morgan fingerprint density at radius 2 is 1.75 bits per heavy atom. The summed E-state index contributed by atoms with van der Waals surface area (Å²) in [7, 11) is -3.91. The van der Waals surface area contributed by atoms with E-state index in [2.05, 4.69) is 0 Å². The van der Waals surface area contributed by atoms with Crippen molar-refractivity contribution < 1.29 is 18.3 Å². The van der Waals surface area contributed by atoms with Crippen molar-refractivity contribution in [3.63, 3.8) is 0 Å². The van der Waals surface area contributed by atoms with Gasteiger partial charge in [0.05, 0.1) is 5.69 Å². The van der Waals surface area contributed by atoms with E-state index in [4.69, 9.17) is 0 Å². The van der Waals surface area contributed by atoms with Crippen LogP contribution in [0.2, 0.25) is 0 Å². The van der Waals surface area contributed by atoms with Gasteiger partial charge in [-0.15, -0.1) is 0 Å². The number of aromatic hydroxyl groups is 1. The zero-order chi connectivity index (χ0) is 13.6. The minimum atomic E-state index is -3.91. The molecule has 1 heterocycles. The third-order valence-corrected chi connectivity index (χ3v) is 4.32. The number of hydrogen-bond acceptors (Lipinski definition) is 4. The van der Waals surface area contributed by atoms with Gasteiger partial charge in [0.25, 0.3) is 5.91 Å².